The molecule has 1 saturated heterocycles. The summed E-state index contributed by atoms with van der Waals surface area (Å²) in [6.45, 7) is 8.98. The van der Waals surface area contributed by atoms with E-state index in [9.17, 15) is 0 Å². The monoisotopic (exact) mass is 285 g/mol. The molecule has 2 heterocycles. The molecule has 3 rings (SSSR count). The van der Waals surface area contributed by atoms with Gasteiger partial charge in [0.1, 0.15) is 5.82 Å². The maximum Gasteiger partial charge on any atom is 0.143 e. The first kappa shape index (κ1) is 14.4. The van der Waals surface area contributed by atoms with Gasteiger partial charge in [-0.2, -0.15) is 0 Å². The van der Waals surface area contributed by atoms with Crippen LogP contribution in [-0.4, -0.2) is 41.2 Å². The summed E-state index contributed by atoms with van der Waals surface area (Å²) < 4.78 is 5.47. The first-order valence-corrected chi connectivity index (χ1v) is 7.78. The lowest BCUT2D eigenvalue weighted by Gasteiger charge is -2.22. The van der Waals surface area contributed by atoms with Crippen molar-refractivity contribution in [3.05, 3.63) is 35.8 Å². The third-order valence-corrected chi connectivity index (χ3v) is 4.19. The normalized spacial score (nSPS) is 18.7. The molecule has 0 N–H and O–H groups in total. The Balaban J connectivity index is 1.76. The molecule has 4 nitrogen and oxygen atoms in total. The topological polar surface area (TPSA) is 38.2 Å². The Morgan fingerprint density at radius 1 is 1.29 bits per heavy atom. The van der Waals surface area contributed by atoms with Crippen molar-refractivity contribution in [2.75, 3.05) is 26.3 Å². The first-order chi connectivity index (χ1) is 10.3. The van der Waals surface area contributed by atoms with Gasteiger partial charge in [-0.05, 0) is 31.9 Å². The number of rotatable bonds is 5. The van der Waals surface area contributed by atoms with Crippen LogP contribution in [0.25, 0.3) is 10.9 Å². The molecule has 112 valence electrons. The highest BCUT2D eigenvalue weighted by Crippen LogP contribution is 2.17. The summed E-state index contributed by atoms with van der Waals surface area (Å²) in [4.78, 5) is 11.8. The summed E-state index contributed by atoms with van der Waals surface area (Å²) in [5.74, 6) is 1.58. The molecule has 0 spiro atoms. The van der Waals surface area contributed by atoms with Gasteiger partial charge in [0.25, 0.3) is 0 Å². The van der Waals surface area contributed by atoms with E-state index in [0.29, 0.717) is 5.92 Å². The van der Waals surface area contributed by atoms with Crippen molar-refractivity contribution in [1.29, 1.82) is 0 Å². The Morgan fingerprint density at radius 3 is 2.90 bits per heavy atom. The summed E-state index contributed by atoms with van der Waals surface area (Å²) in [5.41, 5.74) is 2.11. The van der Waals surface area contributed by atoms with Crippen molar-refractivity contribution in [3.63, 3.8) is 0 Å². The molecule has 0 amide bonds. The predicted molar refractivity (Wildman–Crippen MR) is 84.2 cm³/mol. The smallest absolute Gasteiger partial charge is 0.143 e. The number of hydrogen-bond donors (Lipinski definition) is 0. The molecule has 1 aromatic carbocycles. The number of hydrogen-bond acceptors (Lipinski definition) is 4. The van der Waals surface area contributed by atoms with Gasteiger partial charge in [0.15, 0.2) is 0 Å². The van der Waals surface area contributed by atoms with Crippen LogP contribution >= 0.6 is 0 Å². The van der Waals surface area contributed by atoms with E-state index in [1.807, 2.05) is 12.1 Å². The van der Waals surface area contributed by atoms with Crippen LogP contribution in [0.15, 0.2) is 24.3 Å². The molecule has 1 aliphatic heterocycles. The molecular formula is C17H23N3O. The largest absolute Gasteiger partial charge is 0.381 e. The van der Waals surface area contributed by atoms with Gasteiger partial charge in [-0.15, -0.1) is 0 Å². The Bertz CT molecular complexity index is 608. The van der Waals surface area contributed by atoms with Gasteiger partial charge < -0.3 is 4.74 Å². The highest BCUT2D eigenvalue weighted by atomic mass is 16.5. The Labute approximate surface area is 126 Å². The van der Waals surface area contributed by atoms with Crippen LogP contribution in [0.3, 0.4) is 0 Å². The lowest BCUT2D eigenvalue weighted by molar-refractivity contribution is 0.166. The zero-order valence-corrected chi connectivity index (χ0v) is 12.9. The van der Waals surface area contributed by atoms with Crippen molar-refractivity contribution >= 4 is 10.9 Å². The zero-order chi connectivity index (χ0) is 14.7. The quantitative estimate of drug-likeness (QED) is 0.846. The van der Waals surface area contributed by atoms with Crippen molar-refractivity contribution in [3.8, 4) is 0 Å². The van der Waals surface area contributed by atoms with Gasteiger partial charge in [-0.3, -0.25) is 4.90 Å². The number of nitrogens with zero attached hydrogens (tertiary/aromatic N) is 3. The summed E-state index contributed by atoms with van der Waals surface area (Å²) >= 11 is 0. The summed E-state index contributed by atoms with van der Waals surface area (Å²) in [5, 5.41) is 1.15. The van der Waals surface area contributed by atoms with Gasteiger partial charge in [-0.25, -0.2) is 9.97 Å². The van der Waals surface area contributed by atoms with E-state index >= 15 is 0 Å². The number of aryl methyl sites for hydroxylation is 1. The molecule has 4 heteroatoms. The maximum atomic E-state index is 5.47. The van der Waals surface area contributed by atoms with Crippen LogP contribution in [-0.2, 0) is 11.3 Å². The van der Waals surface area contributed by atoms with E-state index in [-0.39, 0.29) is 0 Å². The molecule has 1 fully saturated rings. The molecule has 0 saturated carbocycles. The minimum atomic E-state index is 0.659. The SMILES string of the molecule is CCN(Cc1nc(C)c2ccccc2n1)CC1CCOC1. The molecule has 1 unspecified atom stereocenters. The third kappa shape index (κ3) is 3.39. The van der Waals surface area contributed by atoms with E-state index in [0.717, 1.165) is 55.3 Å². The van der Waals surface area contributed by atoms with Gasteiger partial charge in [0.05, 0.1) is 18.7 Å². The Hall–Kier alpha value is -1.52. The van der Waals surface area contributed by atoms with E-state index < -0.39 is 0 Å². The minimum Gasteiger partial charge on any atom is -0.381 e. The van der Waals surface area contributed by atoms with Crippen LogP contribution in [0.4, 0.5) is 0 Å². The van der Waals surface area contributed by atoms with E-state index in [1.165, 1.54) is 6.42 Å². The standard InChI is InChI=1S/C17H23N3O/c1-3-20(10-14-8-9-21-12-14)11-17-18-13(2)15-6-4-5-7-16(15)19-17/h4-7,14H,3,8-12H2,1-2H3. The van der Waals surface area contributed by atoms with Crippen molar-refractivity contribution in [2.45, 2.75) is 26.8 Å². The molecule has 21 heavy (non-hydrogen) atoms. The van der Waals surface area contributed by atoms with Crippen LogP contribution < -0.4 is 0 Å². The Morgan fingerprint density at radius 2 is 2.14 bits per heavy atom. The van der Waals surface area contributed by atoms with Crippen LogP contribution in [0.2, 0.25) is 0 Å². The van der Waals surface area contributed by atoms with Crippen LogP contribution in [0, 0.1) is 12.8 Å². The number of aromatic nitrogens is 2. The average molecular weight is 285 g/mol. The first-order valence-electron chi connectivity index (χ1n) is 7.78. The Kier molecular flexibility index (Phi) is 4.46. The fraction of sp³-hybridized carbons (Fsp3) is 0.529. The van der Waals surface area contributed by atoms with Crippen molar-refractivity contribution < 1.29 is 4.74 Å². The number of ether oxygens (including phenoxy) is 1. The molecule has 1 aliphatic rings. The molecule has 1 aromatic heterocycles. The van der Waals surface area contributed by atoms with Crippen molar-refractivity contribution in [2.24, 2.45) is 5.92 Å². The van der Waals surface area contributed by atoms with Gasteiger partial charge in [0, 0.05) is 24.2 Å². The molecule has 1 atom stereocenters. The number of benzene rings is 1. The second kappa shape index (κ2) is 6.50. The molecule has 0 radical (unpaired) electrons. The fourth-order valence-corrected chi connectivity index (χ4v) is 2.96. The second-order valence-corrected chi connectivity index (χ2v) is 5.80. The summed E-state index contributed by atoms with van der Waals surface area (Å²) in [6, 6.07) is 8.22. The molecular weight excluding hydrogens is 262 g/mol. The van der Waals surface area contributed by atoms with Gasteiger partial charge in [0.2, 0.25) is 0 Å². The minimum absolute atomic E-state index is 0.659. The van der Waals surface area contributed by atoms with E-state index in [1.54, 1.807) is 0 Å². The van der Waals surface area contributed by atoms with Gasteiger partial charge >= 0.3 is 0 Å². The summed E-state index contributed by atoms with van der Waals surface area (Å²) in [6.07, 6.45) is 1.17. The van der Waals surface area contributed by atoms with Crippen LogP contribution in [0.5, 0.6) is 0 Å². The fourth-order valence-electron chi connectivity index (χ4n) is 2.96. The highest BCUT2D eigenvalue weighted by molar-refractivity contribution is 5.80. The lowest BCUT2D eigenvalue weighted by Crippen LogP contribution is -2.30. The van der Waals surface area contributed by atoms with Crippen molar-refractivity contribution in [1.82, 2.24) is 14.9 Å². The maximum absolute atomic E-state index is 5.47. The van der Waals surface area contributed by atoms with Crippen LogP contribution in [0.1, 0.15) is 24.9 Å². The predicted octanol–water partition coefficient (Wildman–Crippen LogP) is 2.80. The van der Waals surface area contributed by atoms with E-state index in [4.69, 9.17) is 9.72 Å². The average Bonchev–Trinajstić information content (AvgIpc) is 2.99. The highest BCUT2D eigenvalue weighted by Gasteiger charge is 2.19. The third-order valence-electron chi connectivity index (χ3n) is 4.19. The zero-order valence-electron chi connectivity index (χ0n) is 12.9. The van der Waals surface area contributed by atoms with Gasteiger partial charge in [-0.1, -0.05) is 25.1 Å². The number of para-hydroxylation sites is 1. The second-order valence-electron chi connectivity index (χ2n) is 5.80. The summed E-state index contributed by atoms with van der Waals surface area (Å²) in [7, 11) is 0. The molecule has 0 bridgehead atoms. The lowest BCUT2D eigenvalue weighted by atomic mass is 10.1. The van der Waals surface area contributed by atoms with E-state index in [2.05, 4.69) is 35.9 Å². The molecule has 0 aliphatic carbocycles. The number of fused-ring (bicyclic) bond motifs is 1. The molecule has 2 aromatic rings.